The molecule has 0 amide bonds. The summed E-state index contributed by atoms with van der Waals surface area (Å²) in [6, 6.07) is 117. The van der Waals surface area contributed by atoms with Crippen LogP contribution in [0.3, 0.4) is 0 Å². The predicted octanol–water partition coefficient (Wildman–Crippen LogP) is 20.8. The van der Waals surface area contributed by atoms with E-state index in [0.717, 1.165) is 22.6 Å². The summed E-state index contributed by atoms with van der Waals surface area (Å²) >= 11 is 3.78. The predicted molar refractivity (Wildman–Crippen MR) is 347 cm³/mol. The van der Waals surface area contributed by atoms with Crippen LogP contribution >= 0.6 is 23.5 Å². The van der Waals surface area contributed by atoms with Gasteiger partial charge in [-0.3, -0.25) is 0 Å². The van der Waals surface area contributed by atoms with Crippen molar-refractivity contribution in [2.45, 2.75) is 35.8 Å². The Bertz CT molecular complexity index is 4560. The summed E-state index contributed by atoms with van der Waals surface area (Å²) in [5, 5.41) is 0. The van der Waals surface area contributed by atoms with E-state index in [9.17, 15) is 0 Å². The number of hydrogen-bond donors (Lipinski definition) is 0. The lowest BCUT2D eigenvalue weighted by Gasteiger charge is -2.40. The quantitative estimate of drug-likeness (QED) is 0.163. The van der Waals surface area contributed by atoms with Crippen LogP contribution < -0.4 is 4.90 Å². The van der Waals surface area contributed by atoms with E-state index in [4.69, 9.17) is 0 Å². The fraction of sp³-hybridized carbons (Fsp3) is 0.0370. The third kappa shape index (κ3) is 6.33. The van der Waals surface area contributed by atoms with Crippen molar-refractivity contribution < 1.29 is 0 Å². The van der Waals surface area contributed by atoms with E-state index < -0.39 is 16.2 Å². The van der Waals surface area contributed by atoms with Crippen molar-refractivity contribution in [3.8, 4) is 44.5 Å². The number of fused-ring (bicyclic) bond motifs is 21. The summed E-state index contributed by atoms with van der Waals surface area (Å²) in [5.74, 6) is 0. The molecule has 0 fully saturated rings. The molecule has 0 N–H and O–H groups in total. The van der Waals surface area contributed by atoms with Crippen LogP contribution in [0, 0.1) is 0 Å². The average molecular weight is 1100 g/mol. The van der Waals surface area contributed by atoms with Gasteiger partial charge in [-0.2, -0.15) is 0 Å². The van der Waals surface area contributed by atoms with E-state index >= 15 is 0 Å². The zero-order valence-electron chi connectivity index (χ0n) is 45.7. The van der Waals surface area contributed by atoms with Crippen molar-refractivity contribution in [1.82, 2.24) is 0 Å². The summed E-state index contributed by atoms with van der Waals surface area (Å²) in [4.78, 5) is 7.76. The van der Waals surface area contributed by atoms with Crippen LogP contribution in [0.15, 0.2) is 329 Å². The molecule has 0 aromatic heterocycles. The number of nitrogens with zero attached hydrogens (tertiary/aromatic N) is 1. The molecule has 0 saturated carbocycles. The number of anilines is 3. The van der Waals surface area contributed by atoms with Gasteiger partial charge in [0.25, 0.3) is 0 Å². The molecule has 2 heterocycles. The largest absolute Gasteiger partial charge is 0.310 e. The van der Waals surface area contributed by atoms with Crippen LogP contribution in [-0.2, 0) is 16.2 Å². The lowest BCUT2D eigenvalue weighted by molar-refractivity contribution is 0.722. The van der Waals surface area contributed by atoms with Gasteiger partial charge in [0.2, 0.25) is 0 Å². The molecule has 3 aliphatic carbocycles. The zero-order valence-corrected chi connectivity index (χ0v) is 47.3. The highest BCUT2D eigenvalue weighted by atomic mass is 32.2. The Kier molecular flexibility index (Phi) is 10.4. The minimum Gasteiger partial charge on any atom is -0.310 e. The van der Waals surface area contributed by atoms with Crippen LogP contribution in [-0.4, -0.2) is 0 Å². The smallest absolute Gasteiger partial charge is 0.0735 e. The molecular formula is C81H51NS2. The van der Waals surface area contributed by atoms with Gasteiger partial charge in [-0.05, 0) is 172 Å². The number of hydrogen-bond acceptors (Lipinski definition) is 3. The Balaban J connectivity index is 0.882. The Hall–Kier alpha value is -9.64. The molecule has 3 heteroatoms. The second kappa shape index (κ2) is 18.2. The van der Waals surface area contributed by atoms with Crippen molar-refractivity contribution in [1.29, 1.82) is 0 Å². The average Bonchev–Trinajstić information content (AvgIpc) is 2.41. The molecule has 84 heavy (non-hydrogen) atoms. The SMILES string of the molecule is c1ccc(C2(c3ccccc3)c3ccccc3-c3c(-c4cccc(N(c5ccc6c(c5)-c5ccccc5C65c6ccccc6Sc6ccccc65)c5ccc6c(c5)-c5ccccc5C65c6ccccc6Sc6ccccc65)c4)cccc32)cc1. The highest BCUT2D eigenvalue weighted by Crippen LogP contribution is 2.66. The molecule has 2 spiro atoms. The number of benzene rings is 13. The normalized spacial score (nSPS) is 14.9. The maximum atomic E-state index is 2.54. The van der Waals surface area contributed by atoms with Gasteiger partial charge >= 0.3 is 0 Å². The third-order valence-corrected chi connectivity index (χ3v) is 21.4. The van der Waals surface area contributed by atoms with Crippen molar-refractivity contribution in [3.63, 3.8) is 0 Å². The maximum absolute atomic E-state index is 2.54. The standard InChI is InChI=1S/C81H51NS2/c1-3-24-53(25-4-1)79(54-26-5-2-6-27-54)66-35-12-9-31-61(66)78-58(32-22-40-73(78)79)52-23-21-28-55(49-52)82(56-45-47-67-62(50-56)59-29-7-10-33-64(59)80(67)69-36-13-17-41-74(69)83-75-42-18-14-37-70(75)80)57-46-48-68-63(51-57)60-30-8-11-34-65(60)81(68)71-38-15-19-43-76(71)84-77-44-20-16-39-72(77)81/h1-51H. The Morgan fingerprint density at radius 3 is 1.04 bits per heavy atom. The van der Waals surface area contributed by atoms with Crippen LogP contribution in [0.2, 0.25) is 0 Å². The van der Waals surface area contributed by atoms with Gasteiger partial charge in [-0.1, -0.05) is 272 Å². The molecule has 0 bridgehead atoms. The van der Waals surface area contributed by atoms with Crippen molar-refractivity contribution in [2.75, 3.05) is 4.90 Å². The number of rotatable bonds is 6. The van der Waals surface area contributed by atoms with Gasteiger partial charge in [0.1, 0.15) is 0 Å². The van der Waals surface area contributed by atoms with Crippen molar-refractivity contribution in [2.24, 2.45) is 0 Å². The molecule has 2 aliphatic heterocycles. The monoisotopic (exact) mass is 1100 g/mol. The van der Waals surface area contributed by atoms with Gasteiger partial charge in [-0.15, -0.1) is 0 Å². The fourth-order valence-corrected chi connectivity index (χ4v) is 18.4. The molecule has 392 valence electrons. The summed E-state index contributed by atoms with van der Waals surface area (Å²) in [5.41, 5.74) is 27.6. The second-order valence-corrected chi connectivity index (χ2v) is 25.0. The summed E-state index contributed by atoms with van der Waals surface area (Å²) in [6.07, 6.45) is 0. The highest BCUT2D eigenvalue weighted by Gasteiger charge is 2.53. The summed E-state index contributed by atoms with van der Waals surface area (Å²) in [6.45, 7) is 0. The maximum Gasteiger partial charge on any atom is 0.0735 e. The zero-order chi connectivity index (χ0) is 55.1. The minimum absolute atomic E-state index is 0.483. The lowest BCUT2D eigenvalue weighted by Crippen LogP contribution is -2.32. The van der Waals surface area contributed by atoms with E-state index in [0.29, 0.717) is 0 Å². The van der Waals surface area contributed by atoms with E-state index in [1.54, 1.807) is 0 Å². The highest BCUT2D eigenvalue weighted by molar-refractivity contribution is 7.99. The third-order valence-electron chi connectivity index (χ3n) is 19.1. The van der Waals surface area contributed by atoms with E-state index in [1.807, 2.05) is 23.5 Å². The van der Waals surface area contributed by atoms with Crippen LogP contribution in [0.5, 0.6) is 0 Å². The lowest BCUT2D eigenvalue weighted by atomic mass is 9.67. The fourth-order valence-electron chi connectivity index (χ4n) is 16.0. The first-order valence-electron chi connectivity index (χ1n) is 29.1. The molecule has 0 unspecified atom stereocenters. The van der Waals surface area contributed by atoms with Gasteiger partial charge < -0.3 is 4.90 Å². The first kappa shape index (κ1) is 47.9. The molecule has 5 aliphatic rings. The minimum atomic E-state index is -0.514. The molecule has 1 nitrogen and oxygen atoms in total. The van der Waals surface area contributed by atoms with Crippen molar-refractivity contribution >= 4 is 40.6 Å². The van der Waals surface area contributed by atoms with Gasteiger partial charge in [0.15, 0.2) is 0 Å². The molecule has 0 saturated heterocycles. The topological polar surface area (TPSA) is 3.24 Å². The van der Waals surface area contributed by atoms with Gasteiger partial charge in [0.05, 0.1) is 16.2 Å². The van der Waals surface area contributed by atoms with Crippen LogP contribution in [0.4, 0.5) is 17.1 Å². The van der Waals surface area contributed by atoms with E-state index in [2.05, 4.69) is 314 Å². The summed E-state index contributed by atoms with van der Waals surface area (Å²) < 4.78 is 0. The van der Waals surface area contributed by atoms with Gasteiger partial charge in [-0.25, -0.2) is 0 Å². The molecule has 0 atom stereocenters. The summed E-state index contributed by atoms with van der Waals surface area (Å²) in [7, 11) is 0. The van der Waals surface area contributed by atoms with Crippen LogP contribution in [0.25, 0.3) is 44.5 Å². The Morgan fingerprint density at radius 1 is 0.214 bits per heavy atom. The molecule has 13 aromatic carbocycles. The van der Waals surface area contributed by atoms with E-state index in [-0.39, 0.29) is 0 Å². The van der Waals surface area contributed by atoms with Gasteiger partial charge in [0, 0.05) is 36.6 Å². The first-order chi connectivity index (χ1) is 41.7. The Morgan fingerprint density at radius 2 is 0.560 bits per heavy atom. The molecule has 13 aromatic rings. The van der Waals surface area contributed by atoms with Crippen LogP contribution in [0.1, 0.15) is 66.8 Å². The van der Waals surface area contributed by atoms with Crippen molar-refractivity contribution in [3.05, 3.63) is 376 Å². The second-order valence-electron chi connectivity index (χ2n) is 22.9. The molecule has 0 radical (unpaired) electrons. The molecule has 18 rings (SSSR count). The Labute approximate surface area is 498 Å². The molecular weight excluding hydrogens is 1050 g/mol. The first-order valence-corrected chi connectivity index (χ1v) is 30.8. The van der Waals surface area contributed by atoms with E-state index in [1.165, 1.54) is 125 Å².